The van der Waals surface area contributed by atoms with E-state index in [0.717, 1.165) is 15.6 Å². The number of thiocarbonyl (C=S) groups is 1. The first-order valence-corrected chi connectivity index (χ1v) is 15.4. The number of amides is 1. The number of unbranched alkanes of at least 4 members (excludes halogenated alkanes) is 1. The maximum Gasteiger partial charge on any atom is 0.268 e. The molecule has 1 fully saturated rings. The van der Waals surface area contributed by atoms with Crippen LogP contribution in [0.1, 0.15) is 33.6 Å². The molecule has 0 aromatic heterocycles. The molecule has 0 saturated carbocycles. The third-order valence-corrected chi connectivity index (χ3v) is 9.21. The van der Waals surface area contributed by atoms with E-state index in [-0.39, 0.29) is 31.2 Å². The Balaban J connectivity index is 0.000000572. The van der Waals surface area contributed by atoms with Gasteiger partial charge in [-0.25, -0.2) is 0 Å². The van der Waals surface area contributed by atoms with Gasteiger partial charge in [0.25, 0.3) is 16.0 Å². The average molecular weight is 578 g/mol. The molecule has 1 aromatic carbocycles. The lowest BCUT2D eigenvalue weighted by Crippen LogP contribution is -2.31. The Labute approximate surface area is 228 Å². The molecular formula is C23H35N3O6S4. The summed E-state index contributed by atoms with van der Waals surface area (Å²) in [6, 6.07) is 5.61. The van der Waals surface area contributed by atoms with Gasteiger partial charge in [0.1, 0.15) is 20.0 Å². The highest BCUT2D eigenvalue weighted by Crippen LogP contribution is 2.51. The quantitative estimate of drug-likeness (QED) is 0.174. The van der Waals surface area contributed by atoms with Crippen LogP contribution < -0.4 is 9.64 Å². The van der Waals surface area contributed by atoms with E-state index < -0.39 is 10.1 Å². The molecule has 2 heterocycles. The molecule has 0 spiro atoms. The Morgan fingerprint density at radius 3 is 2.25 bits per heavy atom. The summed E-state index contributed by atoms with van der Waals surface area (Å²) in [7, 11) is -2.44. The number of methoxy groups -OCH3 is 1. The van der Waals surface area contributed by atoms with Gasteiger partial charge >= 0.3 is 0 Å². The van der Waals surface area contributed by atoms with E-state index in [9.17, 15) is 18.3 Å². The second-order valence-electron chi connectivity index (χ2n) is 7.88. The Kier molecular flexibility index (Phi) is 12.5. The summed E-state index contributed by atoms with van der Waals surface area (Å²) in [4.78, 5) is 20.0. The first kappa shape index (κ1) is 30.9. The van der Waals surface area contributed by atoms with E-state index in [2.05, 4.69) is 25.7 Å². The van der Waals surface area contributed by atoms with Crippen molar-refractivity contribution >= 4 is 61.8 Å². The Hall–Kier alpha value is -1.35. The van der Waals surface area contributed by atoms with Crippen LogP contribution in [0.4, 0.5) is 5.69 Å². The van der Waals surface area contributed by atoms with Crippen LogP contribution in [-0.4, -0.2) is 90.3 Å². The molecule has 9 nitrogen and oxygen atoms in total. The van der Waals surface area contributed by atoms with Gasteiger partial charge in [0.05, 0.1) is 31.7 Å². The number of hydrogen-bond donors (Lipinski definition) is 2. The summed E-state index contributed by atoms with van der Waals surface area (Å²) in [5, 5.41) is 9.92. The normalized spacial score (nSPS) is 17.5. The number of rotatable bonds is 11. The van der Waals surface area contributed by atoms with Gasteiger partial charge in [-0.2, -0.15) is 8.42 Å². The molecule has 0 bridgehead atoms. The van der Waals surface area contributed by atoms with Crippen LogP contribution in [0.25, 0.3) is 0 Å². The number of aliphatic hydroxyl groups is 1. The molecule has 1 amide bonds. The first-order valence-electron chi connectivity index (χ1n) is 11.8. The van der Waals surface area contributed by atoms with Crippen molar-refractivity contribution in [3.8, 4) is 5.75 Å². The number of nitrogens with zero attached hydrogens (tertiary/aromatic N) is 3. The van der Waals surface area contributed by atoms with Crippen LogP contribution in [-0.2, 0) is 14.9 Å². The van der Waals surface area contributed by atoms with Crippen molar-refractivity contribution in [3.05, 3.63) is 28.1 Å². The number of thioether (sulfide) groups is 2. The highest BCUT2D eigenvalue weighted by atomic mass is 32.2. The lowest BCUT2D eigenvalue weighted by Gasteiger charge is -2.21. The van der Waals surface area contributed by atoms with Gasteiger partial charge in [0.2, 0.25) is 0 Å². The van der Waals surface area contributed by atoms with E-state index in [1.54, 1.807) is 7.11 Å². The zero-order chi connectivity index (χ0) is 26.9. The highest BCUT2D eigenvalue weighted by molar-refractivity contribution is 8.27. The van der Waals surface area contributed by atoms with Gasteiger partial charge < -0.3 is 19.6 Å². The molecule has 0 atom stereocenters. The second-order valence-corrected chi connectivity index (χ2v) is 12.1. The van der Waals surface area contributed by atoms with Gasteiger partial charge in [-0.3, -0.25) is 14.2 Å². The number of ether oxygens (including phenoxy) is 1. The smallest absolute Gasteiger partial charge is 0.268 e. The summed E-state index contributed by atoms with van der Waals surface area (Å²) in [6.45, 7) is 10.5. The minimum Gasteiger partial charge on any atom is -0.497 e. The summed E-state index contributed by atoms with van der Waals surface area (Å²) >= 11 is 7.92. The van der Waals surface area contributed by atoms with Crippen LogP contribution in [0.3, 0.4) is 0 Å². The Morgan fingerprint density at radius 1 is 1.06 bits per heavy atom. The Bertz CT molecular complexity index is 1050. The van der Waals surface area contributed by atoms with Gasteiger partial charge in [-0.05, 0) is 44.6 Å². The number of carbonyl (C=O) groups excluding carboxylic acids is 1. The molecule has 0 unspecified atom stereocenters. The molecule has 13 heteroatoms. The molecule has 2 N–H and O–H groups in total. The molecule has 1 saturated heterocycles. The average Bonchev–Trinajstić information content (AvgIpc) is 3.34. The lowest BCUT2D eigenvalue weighted by molar-refractivity contribution is -0.122. The number of benzene rings is 1. The summed E-state index contributed by atoms with van der Waals surface area (Å²) < 4.78 is 36.6. The molecule has 0 aliphatic carbocycles. The third-order valence-electron chi connectivity index (χ3n) is 5.65. The van der Waals surface area contributed by atoms with Crippen LogP contribution in [0.2, 0.25) is 0 Å². The maximum atomic E-state index is 12.8. The number of fused-ring (bicyclic) bond motifs is 1. The standard InChI is InChI=1S/C17H20N2O6S4.C6H15N/c1-25-11-4-5-13-12(10-11)18(6-2-3-9-29(22,23)24)16(27-13)14-15(21)19(7-8-20)17(26)28-14;1-4-7(5-2)6-3/h4-5,10,20H,2-3,6-9H2,1H3,(H,22,23,24);4-6H2,1-3H3. The molecule has 1 aromatic rings. The molecule has 36 heavy (non-hydrogen) atoms. The van der Waals surface area contributed by atoms with E-state index in [1.807, 2.05) is 23.1 Å². The van der Waals surface area contributed by atoms with Crippen LogP contribution >= 0.6 is 35.7 Å². The van der Waals surface area contributed by atoms with Gasteiger partial charge in [0.15, 0.2) is 0 Å². The van der Waals surface area contributed by atoms with Crippen molar-refractivity contribution in [1.29, 1.82) is 0 Å². The topological polar surface area (TPSA) is 111 Å². The van der Waals surface area contributed by atoms with Crippen LogP contribution in [0.5, 0.6) is 5.75 Å². The number of aliphatic hydroxyl groups excluding tert-OH is 1. The predicted octanol–water partition coefficient (Wildman–Crippen LogP) is 3.65. The summed E-state index contributed by atoms with van der Waals surface area (Å²) in [5.74, 6) is 0.105. The van der Waals surface area contributed by atoms with Crippen LogP contribution in [0, 0.1) is 0 Å². The number of β-amino-alcohol motifs (C(OH)–C–C–N with tert-alkyl or cyclic N) is 1. The minimum absolute atomic E-state index is 0.140. The van der Waals surface area contributed by atoms with Gasteiger partial charge in [0, 0.05) is 17.5 Å². The van der Waals surface area contributed by atoms with E-state index >= 15 is 0 Å². The van der Waals surface area contributed by atoms with Crippen molar-refractivity contribution < 1.29 is 27.6 Å². The van der Waals surface area contributed by atoms with Crippen molar-refractivity contribution in [3.63, 3.8) is 0 Å². The van der Waals surface area contributed by atoms with E-state index in [4.69, 9.17) is 21.5 Å². The summed E-state index contributed by atoms with van der Waals surface area (Å²) in [5.41, 5.74) is 0.864. The molecule has 3 rings (SSSR count). The van der Waals surface area contributed by atoms with Crippen molar-refractivity contribution in [2.24, 2.45) is 0 Å². The molecule has 0 radical (unpaired) electrons. The fourth-order valence-electron chi connectivity index (χ4n) is 3.63. The fraction of sp³-hybridized carbons (Fsp3) is 0.565. The van der Waals surface area contributed by atoms with Crippen molar-refractivity contribution in [1.82, 2.24) is 9.80 Å². The molecule has 202 valence electrons. The van der Waals surface area contributed by atoms with Crippen LogP contribution in [0.15, 0.2) is 33.0 Å². The predicted molar refractivity (Wildman–Crippen MR) is 151 cm³/mol. The van der Waals surface area contributed by atoms with Crippen molar-refractivity contribution in [2.45, 2.75) is 38.5 Å². The van der Waals surface area contributed by atoms with E-state index in [1.165, 1.54) is 48.1 Å². The third kappa shape index (κ3) is 8.33. The maximum absolute atomic E-state index is 12.8. The molecular weight excluding hydrogens is 543 g/mol. The Morgan fingerprint density at radius 2 is 1.72 bits per heavy atom. The molecule has 2 aliphatic heterocycles. The second kappa shape index (κ2) is 14.6. The molecule has 2 aliphatic rings. The minimum atomic E-state index is -4.01. The number of carbonyl (C=O) groups is 1. The largest absolute Gasteiger partial charge is 0.497 e. The van der Waals surface area contributed by atoms with E-state index in [0.29, 0.717) is 27.9 Å². The first-order chi connectivity index (χ1) is 17.1. The fourth-order valence-corrected chi connectivity index (χ4v) is 6.82. The number of hydrogen-bond acceptors (Lipinski definition) is 10. The van der Waals surface area contributed by atoms with Gasteiger partial charge in [-0.15, -0.1) is 0 Å². The lowest BCUT2D eigenvalue weighted by atomic mass is 10.2. The number of anilines is 1. The zero-order valence-electron chi connectivity index (χ0n) is 21.1. The summed E-state index contributed by atoms with van der Waals surface area (Å²) in [6.07, 6.45) is 0.787. The van der Waals surface area contributed by atoms with Crippen molar-refractivity contribution in [2.75, 3.05) is 57.1 Å². The zero-order valence-corrected chi connectivity index (χ0v) is 24.4. The van der Waals surface area contributed by atoms with Gasteiger partial charge in [-0.1, -0.05) is 56.5 Å². The monoisotopic (exact) mass is 577 g/mol. The SMILES string of the molecule is CCN(CC)CC.COc1ccc2c(c1)N(CCCCS(=O)(=O)O)C(=C1SC(=S)N(CCO)C1=O)S2. The highest BCUT2D eigenvalue weighted by Gasteiger charge is 2.38.